The molecule has 1 aromatic heterocycles. The summed E-state index contributed by atoms with van der Waals surface area (Å²) in [6, 6.07) is 7.18. The van der Waals surface area contributed by atoms with Crippen LogP contribution in [-0.2, 0) is 11.8 Å². The van der Waals surface area contributed by atoms with Crippen molar-refractivity contribution in [2.75, 3.05) is 0 Å². The number of aryl methyl sites for hydroxylation is 1. The Morgan fingerprint density at radius 2 is 2.15 bits per heavy atom. The van der Waals surface area contributed by atoms with E-state index in [4.69, 9.17) is 4.74 Å². The Hall–Kier alpha value is -2.43. The number of hydrogen-bond acceptors (Lipinski definition) is 4. The van der Waals surface area contributed by atoms with Gasteiger partial charge in [0.25, 0.3) is 0 Å². The number of carbonyl (C=O) groups excluding carboxylic acids is 2. The molecule has 0 spiro atoms. The number of nitrogens with zero attached hydrogens (tertiary/aromatic N) is 2. The molecule has 1 aromatic carbocycles. The lowest BCUT2D eigenvalue weighted by Gasteiger charge is -2.09. The summed E-state index contributed by atoms with van der Waals surface area (Å²) in [5, 5.41) is 4.06. The van der Waals surface area contributed by atoms with Crippen LogP contribution >= 0.6 is 0 Å². The third-order valence-electron chi connectivity index (χ3n) is 3.68. The first kappa shape index (κ1) is 12.6. The fourth-order valence-electron chi connectivity index (χ4n) is 2.42. The Labute approximate surface area is 116 Å². The van der Waals surface area contributed by atoms with Crippen LogP contribution in [0.4, 0.5) is 0 Å². The van der Waals surface area contributed by atoms with Gasteiger partial charge in [0.1, 0.15) is 6.10 Å². The summed E-state index contributed by atoms with van der Waals surface area (Å²) < 4.78 is 6.94. The van der Waals surface area contributed by atoms with Crippen molar-refractivity contribution in [2.24, 2.45) is 7.05 Å². The van der Waals surface area contributed by atoms with Crippen molar-refractivity contribution in [3.63, 3.8) is 0 Å². The number of hydrogen-bond donors (Lipinski definition) is 0. The average Bonchev–Trinajstić information content (AvgIpc) is 2.93. The number of ketones is 1. The number of carbonyl (C=O) groups is 2. The van der Waals surface area contributed by atoms with Crippen LogP contribution in [0.1, 0.15) is 44.5 Å². The van der Waals surface area contributed by atoms with Crippen LogP contribution in [0, 0.1) is 6.92 Å². The summed E-state index contributed by atoms with van der Waals surface area (Å²) in [6.07, 6.45) is 1.21. The van der Waals surface area contributed by atoms with Crippen LogP contribution in [0.3, 0.4) is 0 Å². The van der Waals surface area contributed by atoms with E-state index < -0.39 is 6.10 Å². The summed E-state index contributed by atoms with van der Waals surface area (Å²) in [5.74, 6) is -0.425. The zero-order chi connectivity index (χ0) is 14.3. The zero-order valence-corrected chi connectivity index (χ0v) is 11.3. The van der Waals surface area contributed by atoms with Crippen molar-refractivity contribution in [1.82, 2.24) is 9.78 Å². The molecule has 20 heavy (non-hydrogen) atoms. The molecule has 2 aromatic rings. The second-order valence-corrected chi connectivity index (χ2v) is 4.88. The Morgan fingerprint density at radius 3 is 2.85 bits per heavy atom. The van der Waals surface area contributed by atoms with Gasteiger partial charge in [0.2, 0.25) is 0 Å². The number of ether oxygens (including phenoxy) is 1. The summed E-state index contributed by atoms with van der Waals surface area (Å²) in [4.78, 5) is 24.0. The highest BCUT2D eigenvalue weighted by Crippen LogP contribution is 2.33. The summed E-state index contributed by atoms with van der Waals surface area (Å²) in [7, 11) is 1.79. The maximum Gasteiger partial charge on any atom is 0.339 e. The molecular formula is C15H14N2O3. The Balaban J connectivity index is 1.85. The number of rotatable bonds is 3. The molecule has 1 aliphatic heterocycles. The quantitative estimate of drug-likeness (QED) is 0.633. The van der Waals surface area contributed by atoms with Gasteiger partial charge < -0.3 is 4.74 Å². The number of aromatic nitrogens is 2. The molecule has 0 N–H and O–H groups in total. The Bertz CT molecular complexity index is 703. The van der Waals surface area contributed by atoms with E-state index in [-0.39, 0.29) is 18.2 Å². The maximum absolute atomic E-state index is 12.3. The monoisotopic (exact) mass is 270 g/mol. The van der Waals surface area contributed by atoms with E-state index in [0.717, 1.165) is 11.3 Å². The molecular weight excluding hydrogens is 256 g/mol. The van der Waals surface area contributed by atoms with Gasteiger partial charge in [0.05, 0.1) is 23.7 Å². The minimum Gasteiger partial charge on any atom is -0.453 e. The molecule has 1 atom stereocenters. The van der Waals surface area contributed by atoms with Crippen LogP contribution in [-0.4, -0.2) is 21.5 Å². The second-order valence-electron chi connectivity index (χ2n) is 4.88. The molecule has 0 fully saturated rings. The van der Waals surface area contributed by atoms with E-state index in [1.807, 2.05) is 19.1 Å². The summed E-state index contributed by atoms with van der Waals surface area (Å²) in [6.45, 7) is 1.84. The van der Waals surface area contributed by atoms with Crippen molar-refractivity contribution < 1.29 is 14.3 Å². The molecule has 0 amide bonds. The number of cyclic esters (lactones) is 1. The minimum absolute atomic E-state index is 0.0647. The highest BCUT2D eigenvalue weighted by atomic mass is 16.5. The zero-order valence-electron chi connectivity index (χ0n) is 11.3. The van der Waals surface area contributed by atoms with Gasteiger partial charge in [-0.3, -0.25) is 9.48 Å². The van der Waals surface area contributed by atoms with Gasteiger partial charge in [-0.25, -0.2) is 4.79 Å². The van der Waals surface area contributed by atoms with Crippen molar-refractivity contribution >= 4 is 11.8 Å². The first-order chi connectivity index (χ1) is 9.58. The lowest BCUT2D eigenvalue weighted by Crippen LogP contribution is -2.08. The van der Waals surface area contributed by atoms with E-state index in [2.05, 4.69) is 5.10 Å². The van der Waals surface area contributed by atoms with Gasteiger partial charge >= 0.3 is 5.97 Å². The normalized spacial score (nSPS) is 16.9. The Morgan fingerprint density at radius 1 is 1.40 bits per heavy atom. The molecule has 0 bridgehead atoms. The molecule has 3 rings (SSSR count). The average molecular weight is 270 g/mol. The van der Waals surface area contributed by atoms with Gasteiger partial charge in [0.15, 0.2) is 5.78 Å². The van der Waals surface area contributed by atoms with Crippen LogP contribution in [0.2, 0.25) is 0 Å². The van der Waals surface area contributed by atoms with Gasteiger partial charge in [-0.15, -0.1) is 0 Å². The minimum atomic E-state index is -0.495. The predicted octanol–water partition coefficient (Wildman–Crippen LogP) is 2.21. The molecule has 0 radical (unpaired) electrons. The van der Waals surface area contributed by atoms with Crippen molar-refractivity contribution in [3.05, 3.63) is 52.8 Å². The SMILES string of the molecule is Cc1c(C(=O)C[C@H]2OC(=O)c3ccccc32)cnn1C. The van der Waals surface area contributed by atoms with E-state index >= 15 is 0 Å². The molecule has 0 saturated carbocycles. The number of Topliss-reactive ketones (excluding diaryl/α,β-unsaturated/α-hetero) is 1. The van der Waals surface area contributed by atoms with Crippen LogP contribution < -0.4 is 0 Å². The fraction of sp³-hybridized carbons (Fsp3) is 0.267. The van der Waals surface area contributed by atoms with Crippen molar-refractivity contribution in [2.45, 2.75) is 19.4 Å². The summed E-state index contributed by atoms with van der Waals surface area (Å²) >= 11 is 0. The first-order valence-corrected chi connectivity index (χ1v) is 6.39. The molecule has 5 nitrogen and oxygen atoms in total. The third-order valence-corrected chi connectivity index (χ3v) is 3.68. The van der Waals surface area contributed by atoms with Gasteiger partial charge in [-0.2, -0.15) is 5.10 Å². The third kappa shape index (κ3) is 1.91. The predicted molar refractivity (Wildman–Crippen MR) is 71.5 cm³/mol. The van der Waals surface area contributed by atoms with Crippen LogP contribution in [0.5, 0.6) is 0 Å². The molecule has 1 aliphatic rings. The lowest BCUT2D eigenvalue weighted by molar-refractivity contribution is 0.0367. The lowest BCUT2D eigenvalue weighted by atomic mass is 9.99. The number of fused-ring (bicyclic) bond motifs is 1. The molecule has 5 heteroatoms. The van der Waals surface area contributed by atoms with Crippen molar-refractivity contribution in [3.8, 4) is 0 Å². The number of benzene rings is 1. The van der Waals surface area contributed by atoms with Crippen LogP contribution in [0.15, 0.2) is 30.5 Å². The van der Waals surface area contributed by atoms with E-state index in [9.17, 15) is 9.59 Å². The molecule has 0 saturated heterocycles. The Kier molecular flexibility index (Phi) is 2.89. The van der Waals surface area contributed by atoms with E-state index in [1.165, 1.54) is 0 Å². The maximum atomic E-state index is 12.3. The van der Waals surface area contributed by atoms with Crippen LogP contribution in [0.25, 0.3) is 0 Å². The smallest absolute Gasteiger partial charge is 0.339 e. The van der Waals surface area contributed by atoms with E-state index in [1.54, 1.807) is 30.1 Å². The molecule has 102 valence electrons. The van der Waals surface area contributed by atoms with Gasteiger partial charge in [-0.1, -0.05) is 18.2 Å². The second kappa shape index (κ2) is 4.59. The molecule has 0 aliphatic carbocycles. The molecule has 2 heterocycles. The number of esters is 1. The van der Waals surface area contributed by atoms with E-state index in [0.29, 0.717) is 11.1 Å². The van der Waals surface area contributed by atoms with Crippen molar-refractivity contribution in [1.29, 1.82) is 0 Å². The molecule has 0 unspecified atom stereocenters. The fourth-order valence-corrected chi connectivity index (χ4v) is 2.42. The highest BCUT2D eigenvalue weighted by molar-refractivity contribution is 5.99. The first-order valence-electron chi connectivity index (χ1n) is 6.39. The van der Waals surface area contributed by atoms with Gasteiger partial charge in [-0.05, 0) is 13.0 Å². The highest BCUT2D eigenvalue weighted by Gasteiger charge is 2.32. The summed E-state index contributed by atoms with van der Waals surface area (Å²) in [5.41, 5.74) is 2.72. The van der Waals surface area contributed by atoms with Gasteiger partial charge in [0, 0.05) is 18.3 Å². The largest absolute Gasteiger partial charge is 0.453 e. The standard InChI is InChI=1S/C15H14N2O3/c1-9-12(8-16-17(9)2)13(18)7-14-10-5-3-4-6-11(10)15(19)20-14/h3-6,8,14H,7H2,1-2H3/t14-/m1/s1. The topological polar surface area (TPSA) is 61.2 Å².